The molecule has 22 heavy (non-hydrogen) atoms. The lowest BCUT2D eigenvalue weighted by Gasteiger charge is -2.03. The van der Waals surface area contributed by atoms with E-state index in [1.165, 1.54) is 0 Å². The fraction of sp³-hybridized carbons (Fsp3) is 0. The molecular weight excluding hydrogens is 323 g/mol. The number of benzene rings is 2. The number of nitrogens with one attached hydrogen (secondary N) is 1. The smallest absolute Gasteiger partial charge is 0.244 e. The zero-order valence-corrected chi connectivity index (χ0v) is 12.7. The van der Waals surface area contributed by atoms with Gasteiger partial charge >= 0.3 is 0 Å². The maximum atomic E-state index is 6.07. The third kappa shape index (κ3) is 3.24. The van der Waals surface area contributed by atoms with Crippen LogP contribution in [0.4, 0.5) is 5.95 Å². The van der Waals surface area contributed by atoms with Crippen LogP contribution in [0.2, 0.25) is 10.0 Å². The molecule has 0 aliphatic rings. The Morgan fingerprint density at radius 3 is 2.68 bits per heavy atom. The molecule has 1 N–H and O–H groups in total. The molecule has 0 atom stereocenters. The van der Waals surface area contributed by atoms with Gasteiger partial charge in [-0.2, -0.15) is 9.78 Å². The Labute approximate surface area is 136 Å². The number of nitrogens with zero attached hydrogens (tertiary/aromatic N) is 5. The molecule has 6 nitrogen and oxygen atoms in total. The van der Waals surface area contributed by atoms with Crippen LogP contribution >= 0.6 is 23.2 Å². The maximum Gasteiger partial charge on any atom is 0.268 e. The van der Waals surface area contributed by atoms with Gasteiger partial charge in [0.2, 0.25) is 0 Å². The summed E-state index contributed by atoms with van der Waals surface area (Å²) in [6.07, 6.45) is 1.57. The van der Waals surface area contributed by atoms with Gasteiger partial charge in [0, 0.05) is 10.6 Å². The van der Waals surface area contributed by atoms with E-state index in [0.717, 1.165) is 11.3 Å². The van der Waals surface area contributed by atoms with Crippen LogP contribution in [0.5, 0.6) is 0 Å². The third-order valence-electron chi connectivity index (χ3n) is 2.80. The van der Waals surface area contributed by atoms with Gasteiger partial charge in [-0.05, 0) is 34.7 Å². The second-order valence-corrected chi connectivity index (χ2v) is 5.13. The molecule has 0 fully saturated rings. The van der Waals surface area contributed by atoms with Gasteiger partial charge in [-0.3, -0.25) is 0 Å². The molecule has 0 saturated heterocycles. The minimum atomic E-state index is 0.396. The van der Waals surface area contributed by atoms with Crippen LogP contribution < -0.4 is 5.43 Å². The molecule has 0 bridgehead atoms. The van der Waals surface area contributed by atoms with E-state index in [1.54, 1.807) is 29.1 Å². The molecule has 1 heterocycles. The summed E-state index contributed by atoms with van der Waals surface area (Å²) in [7, 11) is 0. The molecule has 110 valence electrons. The molecule has 0 aliphatic heterocycles. The second kappa shape index (κ2) is 6.55. The molecular formula is C14H10Cl2N6. The Kier molecular flexibility index (Phi) is 4.32. The topological polar surface area (TPSA) is 68.0 Å². The Morgan fingerprint density at radius 2 is 1.91 bits per heavy atom. The van der Waals surface area contributed by atoms with Crippen LogP contribution in [-0.4, -0.2) is 26.4 Å². The average molecular weight is 333 g/mol. The van der Waals surface area contributed by atoms with Crippen molar-refractivity contribution in [2.75, 3.05) is 5.43 Å². The summed E-state index contributed by atoms with van der Waals surface area (Å²) in [6, 6.07) is 14.7. The largest absolute Gasteiger partial charge is 0.268 e. The number of hydrogen-bond acceptors (Lipinski definition) is 5. The van der Waals surface area contributed by atoms with Crippen LogP contribution in [0.1, 0.15) is 5.56 Å². The van der Waals surface area contributed by atoms with Gasteiger partial charge < -0.3 is 0 Å². The Balaban J connectivity index is 1.78. The first-order valence-corrected chi connectivity index (χ1v) is 7.07. The van der Waals surface area contributed by atoms with E-state index < -0.39 is 0 Å². The fourth-order valence-corrected chi connectivity index (χ4v) is 2.22. The maximum absolute atomic E-state index is 6.07. The van der Waals surface area contributed by atoms with Crippen molar-refractivity contribution in [1.82, 2.24) is 20.2 Å². The van der Waals surface area contributed by atoms with Crippen LogP contribution in [0.3, 0.4) is 0 Å². The van der Waals surface area contributed by atoms with E-state index in [-0.39, 0.29) is 0 Å². The van der Waals surface area contributed by atoms with E-state index in [2.05, 4.69) is 26.1 Å². The average Bonchev–Trinajstić information content (AvgIpc) is 2.99. The second-order valence-electron chi connectivity index (χ2n) is 4.29. The van der Waals surface area contributed by atoms with Crippen molar-refractivity contribution in [3.8, 4) is 5.69 Å². The molecule has 1 aromatic heterocycles. The third-order valence-corrected chi connectivity index (χ3v) is 3.36. The van der Waals surface area contributed by atoms with Gasteiger partial charge in [-0.25, -0.2) is 5.43 Å². The molecule has 0 unspecified atom stereocenters. The summed E-state index contributed by atoms with van der Waals surface area (Å²) in [5.41, 5.74) is 4.35. The molecule has 0 spiro atoms. The zero-order chi connectivity index (χ0) is 15.4. The molecule has 8 heteroatoms. The van der Waals surface area contributed by atoms with Gasteiger partial charge in [0.25, 0.3) is 5.95 Å². The number of tetrazole rings is 1. The zero-order valence-electron chi connectivity index (χ0n) is 11.2. The van der Waals surface area contributed by atoms with Crippen molar-refractivity contribution in [1.29, 1.82) is 0 Å². The van der Waals surface area contributed by atoms with E-state index in [1.807, 2.05) is 30.3 Å². The number of rotatable bonds is 4. The van der Waals surface area contributed by atoms with Crippen LogP contribution in [0.15, 0.2) is 53.6 Å². The minimum Gasteiger partial charge on any atom is -0.244 e. The van der Waals surface area contributed by atoms with Crippen LogP contribution in [0.25, 0.3) is 5.69 Å². The number of para-hydroxylation sites is 1. The number of anilines is 1. The number of halogens is 2. The molecule has 0 aliphatic carbocycles. The van der Waals surface area contributed by atoms with Crippen molar-refractivity contribution in [2.45, 2.75) is 0 Å². The predicted molar refractivity (Wildman–Crippen MR) is 86.8 cm³/mol. The summed E-state index contributed by atoms with van der Waals surface area (Å²) in [4.78, 5) is 0. The normalized spacial score (nSPS) is 11.0. The summed E-state index contributed by atoms with van der Waals surface area (Å²) in [5.74, 6) is 0.396. The first-order chi connectivity index (χ1) is 10.7. The molecule has 0 amide bonds. The summed E-state index contributed by atoms with van der Waals surface area (Å²) in [6.45, 7) is 0. The van der Waals surface area contributed by atoms with Gasteiger partial charge in [0.1, 0.15) is 0 Å². The van der Waals surface area contributed by atoms with Crippen molar-refractivity contribution < 1.29 is 0 Å². The Bertz CT molecular complexity index is 800. The minimum absolute atomic E-state index is 0.396. The monoisotopic (exact) mass is 332 g/mol. The first-order valence-electron chi connectivity index (χ1n) is 6.32. The van der Waals surface area contributed by atoms with Gasteiger partial charge in [0.05, 0.1) is 16.9 Å². The Hall–Kier alpha value is -2.44. The Morgan fingerprint density at radius 1 is 1.09 bits per heavy atom. The predicted octanol–water partition coefficient (Wildman–Crippen LogP) is 3.42. The van der Waals surface area contributed by atoms with E-state index in [9.17, 15) is 0 Å². The summed E-state index contributed by atoms with van der Waals surface area (Å²) >= 11 is 11.9. The van der Waals surface area contributed by atoms with E-state index >= 15 is 0 Å². The number of hydrogen-bond donors (Lipinski definition) is 1. The van der Waals surface area contributed by atoms with Crippen LogP contribution in [0, 0.1) is 0 Å². The van der Waals surface area contributed by atoms with Crippen molar-refractivity contribution in [3.63, 3.8) is 0 Å². The van der Waals surface area contributed by atoms with E-state index in [4.69, 9.17) is 23.2 Å². The van der Waals surface area contributed by atoms with Gasteiger partial charge in [0.15, 0.2) is 0 Å². The number of aromatic nitrogens is 4. The van der Waals surface area contributed by atoms with Crippen molar-refractivity contribution in [2.24, 2.45) is 5.10 Å². The molecule has 3 rings (SSSR count). The number of hydrazone groups is 1. The highest BCUT2D eigenvalue weighted by Crippen LogP contribution is 2.19. The summed E-state index contributed by atoms with van der Waals surface area (Å²) in [5, 5.41) is 16.6. The quantitative estimate of drug-likeness (QED) is 0.587. The summed E-state index contributed by atoms with van der Waals surface area (Å²) < 4.78 is 1.54. The standard InChI is InChI=1S/C14H10Cl2N6/c15-11-7-6-10(13(16)8-11)9-17-18-14-19-20-21-22(14)12-4-2-1-3-5-12/h1-9H,(H,18,19,21)/b17-9-. The van der Waals surface area contributed by atoms with Gasteiger partial charge in [-0.1, -0.05) is 52.6 Å². The van der Waals surface area contributed by atoms with E-state index in [0.29, 0.717) is 16.0 Å². The lowest BCUT2D eigenvalue weighted by molar-refractivity contribution is 0.790. The SMILES string of the molecule is Clc1ccc(/C=N\Nc2nnnn2-c2ccccc2)c(Cl)c1. The molecule has 0 saturated carbocycles. The van der Waals surface area contributed by atoms with Crippen molar-refractivity contribution in [3.05, 3.63) is 64.1 Å². The fourth-order valence-electron chi connectivity index (χ4n) is 1.77. The van der Waals surface area contributed by atoms with Gasteiger partial charge in [-0.15, -0.1) is 0 Å². The lowest BCUT2D eigenvalue weighted by Crippen LogP contribution is -2.03. The molecule has 3 aromatic rings. The lowest BCUT2D eigenvalue weighted by atomic mass is 10.2. The highest BCUT2D eigenvalue weighted by molar-refractivity contribution is 6.36. The van der Waals surface area contributed by atoms with Crippen LogP contribution in [-0.2, 0) is 0 Å². The highest BCUT2D eigenvalue weighted by atomic mass is 35.5. The first kappa shape index (κ1) is 14.5. The van der Waals surface area contributed by atoms with Crippen molar-refractivity contribution >= 4 is 35.4 Å². The molecule has 0 radical (unpaired) electrons. The highest BCUT2D eigenvalue weighted by Gasteiger charge is 2.06. The molecule has 2 aromatic carbocycles.